The molecule has 314 valence electrons. The summed E-state index contributed by atoms with van der Waals surface area (Å²) in [5.74, 6) is 1.17. The Labute approximate surface area is 380 Å². The Hall–Kier alpha value is -6.90. The van der Waals surface area contributed by atoms with Gasteiger partial charge in [0.05, 0.1) is 12.1 Å². The van der Waals surface area contributed by atoms with Crippen molar-refractivity contribution in [2.75, 3.05) is 9.80 Å². The summed E-state index contributed by atoms with van der Waals surface area (Å²) in [6.45, 7) is 0. The van der Waals surface area contributed by atoms with Gasteiger partial charge < -0.3 is 9.80 Å². The van der Waals surface area contributed by atoms with Crippen LogP contribution in [0.15, 0.2) is 235 Å². The minimum absolute atomic E-state index is 0.161. The Kier molecular flexibility index (Phi) is 11.3. The van der Waals surface area contributed by atoms with E-state index in [0.29, 0.717) is 11.8 Å². The zero-order valence-electron chi connectivity index (χ0n) is 36.6. The van der Waals surface area contributed by atoms with Gasteiger partial charge in [-0.3, -0.25) is 0 Å². The Morgan fingerprint density at radius 3 is 1.89 bits per heavy atom. The van der Waals surface area contributed by atoms with Crippen molar-refractivity contribution in [2.24, 2.45) is 11.8 Å². The van der Waals surface area contributed by atoms with Crippen molar-refractivity contribution in [1.29, 1.82) is 0 Å². The van der Waals surface area contributed by atoms with Crippen molar-refractivity contribution >= 4 is 33.4 Å². The van der Waals surface area contributed by atoms with E-state index < -0.39 is 0 Å². The molecule has 0 heterocycles. The molecule has 2 heteroatoms. The highest BCUT2D eigenvalue weighted by Crippen LogP contribution is 2.45. The van der Waals surface area contributed by atoms with Gasteiger partial charge in [0.15, 0.2) is 0 Å². The first kappa shape index (κ1) is 39.9. The molecule has 6 aromatic carbocycles. The minimum Gasteiger partial charge on any atom is -0.334 e. The van der Waals surface area contributed by atoms with Crippen molar-refractivity contribution < 1.29 is 0 Å². The summed E-state index contributed by atoms with van der Waals surface area (Å²) in [6.07, 6.45) is 38.3. The molecule has 11 rings (SSSR count). The van der Waals surface area contributed by atoms with E-state index in [9.17, 15) is 0 Å². The van der Waals surface area contributed by atoms with Gasteiger partial charge in [-0.2, -0.15) is 0 Å². The van der Waals surface area contributed by atoms with Gasteiger partial charge in [-0.1, -0.05) is 194 Å². The van der Waals surface area contributed by atoms with Gasteiger partial charge in [0.1, 0.15) is 0 Å². The fourth-order valence-corrected chi connectivity index (χ4v) is 11.0. The molecule has 64 heavy (non-hydrogen) atoms. The lowest BCUT2D eigenvalue weighted by Crippen LogP contribution is -2.34. The highest BCUT2D eigenvalue weighted by Gasteiger charge is 2.31. The second-order valence-corrected chi connectivity index (χ2v) is 18.1. The normalized spacial score (nSPS) is 21.4. The fourth-order valence-electron chi connectivity index (χ4n) is 11.0. The number of nitrogens with zero attached hydrogens (tertiary/aromatic N) is 2. The molecule has 0 radical (unpaired) electrons. The SMILES string of the molecule is C1=CC(C2=CCC(N(C3=CCCC=C3)c3ccccc3-c3ccc(-c4ccccc4N(c4ccccc4)C4C=CC(c5ccc6ccccc6c5)=CC4)cc3)C=C2)C2CCCCC2=C1. The van der Waals surface area contributed by atoms with Gasteiger partial charge in [-0.15, -0.1) is 0 Å². The Bertz CT molecular complexity index is 2910. The Balaban J connectivity index is 0.887. The van der Waals surface area contributed by atoms with Crippen LogP contribution < -0.4 is 9.80 Å². The standard InChI is InChI=1S/C62H56N2/c1-3-20-53(21-4-1)63(55-40-36-46(37-41-55)52-35-30-45-16-7-8-18-51(45)44-52)61-28-13-11-25-59(61)49-31-33-50(34-32-49)60-26-12-14-29-62(60)64(54-22-5-2-6-23-54)56-42-38-48(39-43-56)58-27-15-19-47-17-9-10-24-57(47)58/h1,3-5,7-8,11-16,18-23,25-40,42,44,55-58H,2,6,9-10,17,24,41,43H2. The third-order valence-corrected chi connectivity index (χ3v) is 14.2. The number of benzene rings is 6. The third kappa shape index (κ3) is 7.99. The van der Waals surface area contributed by atoms with Crippen LogP contribution in [0.3, 0.4) is 0 Å². The Morgan fingerprint density at radius 2 is 1.17 bits per heavy atom. The summed E-state index contributed by atoms with van der Waals surface area (Å²) in [5, 5.41) is 2.55. The molecule has 1 fully saturated rings. The largest absolute Gasteiger partial charge is 0.334 e. The number of hydrogen-bond donors (Lipinski definition) is 0. The molecular weight excluding hydrogens is 773 g/mol. The maximum absolute atomic E-state index is 2.61. The molecule has 0 N–H and O–H groups in total. The zero-order chi connectivity index (χ0) is 42.7. The molecule has 2 nitrogen and oxygen atoms in total. The van der Waals surface area contributed by atoms with Gasteiger partial charge >= 0.3 is 0 Å². The first-order valence-electron chi connectivity index (χ1n) is 23.7. The Morgan fingerprint density at radius 1 is 0.500 bits per heavy atom. The first-order valence-corrected chi connectivity index (χ1v) is 23.7. The van der Waals surface area contributed by atoms with Crippen LogP contribution in [0.25, 0.3) is 38.6 Å². The summed E-state index contributed by atoms with van der Waals surface area (Å²) in [4.78, 5) is 5.13. The highest BCUT2D eigenvalue weighted by atomic mass is 15.2. The average molecular weight is 829 g/mol. The summed E-state index contributed by atoms with van der Waals surface area (Å²) in [7, 11) is 0. The lowest BCUT2D eigenvalue weighted by molar-refractivity contribution is 0.393. The van der Waals surface area contributed by atoms with Crippen LogP contribution in [0.5, 0.6) is 0 Å². The average Bonchev–Trinajstić information content (AvgIpc) is 3.38. The first-order chi connectivity index (χ1) is 31.7. The molecule has 4 atom stereocenters. The number of hydrogen-bond acceptors (Lipinski definition) is 2. The molecule has 1 saturated carbocycles. The molecule has 0 bridgehead atoms. The maximum Gasteiger partial charge on any atom is 0.0560 e. The number of anilines is 3. The van der Waals surface area contributed by atoms with E-state index in [-0.39, 0.29) is 12.1 Å². The number of para-hydroxylation sites is 3. The molecule has 0 amide bonds. The van der Waals surface area contributed by atoms with Crippen LogP contribution in [0.4, 0.5) is 17.1 Å². The lowest BCUT2D eigenvalue weighted by atomic mass is 9.70. The van der Waals surface area contributed by atoms with E-state index >= 15 is 0 Å². The second-order valence-electron chi connectivity index (χ2n) is 18.1. The number of allylic oxidation sites excluding steroid dienone is 11. The molecule has 0 aromatic heterocycles. The van der Waals surface area contributed by atoms with Crippen molar-refractivity contribution in [1.82, 2.24) is 0 Å². The molecule has 0 saturated heterocycles. The van der Waals surface area contributed by atoms with E-state index in [2.05, 4.69) is 228 Å². The third-order valence-electron chi connectivity index (χ3n) is 14.2. The van der Waals surface area contributed by atoms with Crippen molar-refractivity contribution in [3.05, 3.63) is 241 Å². The molecule has 5 aliphatic carbocycles. The topological polar surface area (TPSA) is 6.48 Å². The number of rotatable bonds is 10. The zero-order valence-corrected chi connectivity index (χ0v) is 36.6. The van der Waals surface area contributed by atoms with Gasteiger partial charge in [0, 0.05) is 39.8 Å². The second kappa shape index (κ2) is 18.1. The molecular formula is C62H56N2. The molecule has 6 aromatic rings. The van der Waals surface area contributed by atoms with Crippen LogP contribution in [0, 0.1) is 11.8 Å². The smallest absolute Gasteiger partial charge is 0.0560 e. The van der Waals surface area contributed by atoms with Crippen molar-refractivity contribution in [2.45, 2.75) is 63.5 Å². The minimum atomic E-state index is 0.161. The maximum atomic E-state index is 2.61. The predicted molar refractivity (Wildman–Crippen MR) is 273 cm³/mol. The molecule has 0 spiro atoms. The predicted octanol–water partition coefficient (Wildman–Crippen LogP) is 16.3. The summed E-state index contributed by atoms with van der Waals surface area (Å²) in [5.41, 5.74) is 15.6. The quantitative estimate of drug-likeness (QED) is 0.136. The fraction of sp³-hybridized carbons (Fsp3) is 0.194. The van der Waals surface area contributed by atoms with Crippen LogP contribution in [-0.2, 0) is 0 Å². The van der Waals surface area contributed by atoms with E-state index in [4.69, 9.17) is 0 Å². The summed E-state index contributed by atoms with van der Waals surface area (Å²) in [6, 6.07) is 54.0. The van der Waals surface area contributed by atoms with Gasteiger partial charge in [0.2, 0.25) is 0 Å². The molecule has 5 aliphatic rings. The van der Waals surface area contributed by atoms with Crippen LogP contribution >= 0.6 is 0 Å². The van der Waals surface area contributed by atoms with Crippen molar-refractivity contribution in [3.8, 4) is 22.3 Å². The highest BCUT2D eigenvalue weighted by molar-refractivity contribution is 5.90. The van der Waals surface area contributed by atoms with Crippen LogP contribution in [0.2, 0.25) is 0 Å². The number of fused-ring (bicyclic) bond motifs is 2. The van der Waals surface area contributed by atoms with Gasteiger partial charge in [-0.05, 0) is 126 Å². The van der Waals surface area contributed by atoms with Gasteiger partial charge in [-0.25, -0.2) is 0 Å². The molecule has 4 unspecified atom stereocenters. The van der Waals surface area contributed by atoms with Crippen molar-refractivity contribution in [3.63, 3.8) is 0 Å². The van der Waals surface area contributed by atoms with Gasteiger partial charge in [0.25, 0.3) is 0 Å². The summed E-state index contributed by atoms with van der Waals surface area (Å²) < 4.78 is 0. The van der Waals surface area contributed by atoms with E-state index in [0.717, 1.165) is 25.7 Å². The lowest BCUT2D eigenvalue weighted by Gasteiger charge is -2.38. The van der Waals surface area contributed by atoms with Crippen LogP contribution in [-0.4, -0.2) is 12.1 Å². The summed E-state index contributed by atoms with van der Waals surface area (Å²) >= 11 is 0. The monoisotopic (exact) mass is 828 g/mol. The van der Waals surface area contributed by atoms with E-state index in [1.165, 1.54) is 98.2 Å². The van der Waals surface area contributed by atoms with E-state index in [1.807, 2.05) is 0 Å². The molecule has 0 aliphatic heterocycles. The van der Waals surface area contributed by atoms with E-state index in [1.54, 1.807) is 5.57 Å². The van der Waals surface area contributed by atoms with Crippen LogP contribution in [0.1, 0.15) is 56.9 Å².